The average Bonchev–Trinajstić information content (AvgIpc) is 2.53. The maximum absolute atomic E-state index is 12.4. The molecule has 0 radical (unpaired) electrons. The number of benzene rings is 1. The molecular formula is C14H17ClINO2. The maximum atomic E-state index is 12.4. The summed E-state index contributed by atoms with van der Waals surface area (Å²) in [5.74, 6) is -0.00370. The number of likely N-dealkylation sites (tertiary alicyclic amines) is 1. The predicted octanol–water partition coefficient (Wildman–Crippen LogP) is 3.32. The van der Waals surface area contributed by atoms with Crippen molar-refractivity contribution < 1.29 is 9.90 Å². The van der Waals surface area contributed by atoms with Gasteiger partial charge in [0.2, 0.25) is 0 Å². The molecule has 1 aromatic carbocycles. The summed E-state index contributed by atoms with van der Waals surface area (Å²) in [5, 5.41) is 10.6. The first kappa shape index (κ1) is 15.1. The van der Waals surface area contributed by atoms with E-state index in [1.54, 1.807) is 17.0 Å². The van der Waals surface area contributed by atoms with Gasteiger partial charge in [-0.25, -0.2) is 0 Å². The SMILES string of the molecule is CC1(O)CCCN(C(=O)c2ccc(I)c(Cl)c2)CC1. The van der Waals surface area contributed by atoms with Crippen molar-refractivity contribution in [1.29, 1.82) is 0 Å². The molecule has 2 rings (SSSR count). The Morgan fingerprint density at radius 3 is 2.84 bits per heavy atom. The van der Waals surface area contributed by atoms with Crippen LogP contribution in [0.3, 0.4) is 0 Å². The van der Waals surface area contributed by atoms with Crippen LogP contribution >= 0.6 is 34.2 Å². The van der Waals surface area contributed by atoms with Crippen LogP contribution in [0.25, 0.3) is 0 Å². The summed E-state index contributed by atoms with van der Waals surface area (Å²) in [6, 6.07) is 5.37. The zero-order valence-corrected chi connectivity index (χ0v) is 13.7. The third-order valence-corrected chi connectivity index (χ3v) is 5.09. The number of hydrogen-bond donors (Lipinski definition) is 1. The lowest BCUT2D eigenvalue weighted by molar-refractivity contribution is 0.0438. The largest absolute Gasteiger partial charge is 0.390 e. The maximum Gasteiger partial charge on any atom is 0.253 e. The van der Waals surface area contributed by atoms with E-state index in [0.29, 0.717) is 30.1 Å². The topological polar surface area (TPSA) is 40.5 Å². The molecule has 0 saturated carbocycles. The summed E-state index contributed by atoms with van der Waals surface area (Å²) < 4.78 is 0.939. The van der Waals surface area contributed by atoms with Gasteiger partial charge in [0.25, 0.3) is 5.91 Å². The lowest BCUT2D eigenvalue weighted by Gasteiger charge is -2.22. The van der Waals surface area contributed by atoms with E-state index in [4.69, 9.17) is 11.6 Å². The molecule has 1 aliphatic rings. The van der Waals surface area contributed by atoms with Crippen LogP contribution in [0.4, 0.5) is 0 Å². The quantitative estimate of drug-likeness (QED) is 0.744. The first-order valence-corrected chi connectivity index (χ1v) is 7.81. The molecule has 1 aliphatic heterocycles. The monoisotopic (exact) mass is 393 g/mol. The van der Waals surface area contributed by atoms with Crippen LogP contribution in [0.1, 0.15) is 36.5 Å². The molecule has 1 amide bonds. The van der Waals surface area contributed by atoms with E-state index in [2.05, 4.69) is 22.6 Å². The van der Waals surface area contributed by atoms with Gasteiger partial charge in [0.05, 0.1) is 10.6 Å². The fourth-order valence-corrected chi connectivity index (χ4v) is 2.79. The van der Waals surface area contributed by atoms with Crippen molar-refractivity contribution in [2.45, 2.75) is 31.8 Å². The van der Waals surface area contributed by atoms with Crippen LogP contribution in [0, 0.1) is 3.57 Å². The number of amides is 1. The zero-order chi connectivity index (χ0) is 14.0. The standard InChI is InChI=1S/C14H17ClINO2/c1-14(19)5-2-7-17(8-6-14)13(18)10-3-4-12(16)11(15)9-10/h3-4,9,19H,2,5-8H2,1H3. The summed E-state index contributed by atoms with van der Waals surface area (Å²) in [6.45, 7) is 3.12. The van der Waals surface area contributed by atoms with Crippen LogP contribution in [0.2, 0.25) is 5.02 Å². The smallest absolute Gasteiger partial charge is 0.253 e. The number of aliphatic hydroxyl groups is 1. The Labute approximate surface area is 132 Å². The van der Waals surface area contributed by atoms with Crippen molar-refractivity contribution in [2.24, 2.45) is 0 Å². The Balaban J connectivity index is 2.13. The minimum atomic E-state index is -0.654. The van der Waals surface area contributed by atoms with Crippen LogP contribution in [-0.2, 0) is 0 Å². The second kappa shape index (κ2) is 5.97. The van der Waals surface area contributed by atoms with Gasteiger partial charge in [-0.2, -0.15) is 0 Å². The zero-order valence-electron chi connectivity index (χ0n) is 10.8. The Morgan fingerprint density at radius 1 is 1.42 bits per heavy atom. The second-order valence-corrected chi connectivity index (χ2v) is 6.84. The molecule has 3 nitrogen and oxygen atoms in total. The van der Waals surface area contributed by atoms with Crippen molar-refractivity contribution in [3.05, 3.63) is 32.4 Å². The highest BCUT2D eigenvalue weighted by molar-refractivity contribution is 14.1. The predicted molar refractivity (Wildman–Crippen MR) is 84.5 cm³/mol. The molecular weight excluding hydrogens is 377 g/mol. The highest BCUT2D eigenvalue weighted by Crippen LogP contribution is 2.24. The first-order chi connectivity index (χ1) is 8.89. The normalized spacial score (nSPS) is 24.1. The second-order valence-electron chi connectivity index (χ2n) is 5.27. The van der Waals surface area contributed by atoms with Crippen LogP contribution in [-0.4, -0.2) is 34.6 Å². The van der Waals surface area contributed by atoms with Crippen LogP contribution < -0.4 is 0 Å². The highest BCUT2D eigenvalue weighted by Gasteiger charge is 2.27. The fourth-order valence-electron chi connectivity index (χ4n) is 2.28. The van der Waals surface area contributed by atoms with Gasteiger partial charge in [0, 0.05) is 22.2 Å². The summed E-state index contributed by atoms with van der Waals surface area (Å²) in [7, 11) is 0. The van der Waals surface area contributed by atoms with Gasteiger partial charge in [0.1, 0.15) is 0 Å². The molecule has 19 heavy (non-hydrogen) atoms. The van der Waals surface area contributed by atoms with E-state index in [1.165, 1.54) is 0 Å². The van der Waals surface area contributed by atoms with E-state index in [9.17, 15) is 9.90 Å². The van der Waals surface area contributed by atoms with E-state index in [1.807, 2.05) is 13.0 Å². The van der Waals surface area contributed by atoms with E-state index < -0.39 is 5.60 Å². The first-order valence-electron chi connectivity index (χ1n) is 6.36. The van der Waals surface area contributed by atoms with Gasteiger partial charge >= 0.3 is 0 Å². The number of halogens is 2. The molecule has 5 heteroatoms. The van der Waals surface area contributed by atoms with Gasteiger partial charge in [-0.15, -0.1) is 0 Å². The number of hydrogen-bond acceptors (Lipinski definition) is 2. The van der Waals surface area contributed by atoms with Crippen molar-refractivity contribution in [2.75, 3.05) is 13.1 Å². The number of carbonyl (C=O) groups is 1. The highest BCUT2D eigenvalue weighted by atomic mass is 127. The van der Waals surface area contributed by atoms with Crippen LogP contribution in [0.5, 0.6) is 0 Å². The van der Waals surface area contributed by atoms with Crippen molar-refractivity contribution >= 4 is 40.1 Å². The lowest BCUT2D eigenvalue weighted by Crippen LogP contribution is -2.33. The molecule has 1 unspecified atom stereocenters. The molecule has 1 aromatic rings. The van der Waals surface area contributed by atoms with Gasteiger partial charge in [0.15, 0.2) is 0 Å². The third-order valence-electron chi connectivity index (χ3n) is 3.52. The van der Waals surface area contributed by atoms with E-state index in [0.717, 1.165) is 16.4 Å². The molecule has 1 heterocycles. The minimum absolute atomic E-state index is 0.00370. The number of carbonyl (C=O) groups excluding carboxylic acids is 1. The molecule has 104 valence electrons. The van der Waals surface area contributed by atoms with Gasteiger partial charge in [-0.1, -0.05) is 11.6 Å². The van der Waals surface area contributed by atoms with E-state index >= 15 is 0 Å². The summed E-state index contributed by atoms with van der Waals surface area (Å²) in [4.78, 5) is 14.2. The average molecular weight is 394 g/mol. The summed E-state index contributed by atoms with van der Waals surface area (Å²) in [6.07, 6.45) is 2.19. The van der Waals surface area contributed by atoms with E-state index in [-0.39, 0.29) is 5.91 Å². The van der Waals surface area contributed by atoms with Crippen molar-refractivity contribution in [3.8, 4) is 0 Å². The molecule has 1 atom stereocenters. The molecule has 1 N–H and O–H groups in total. The molecule has 0 spiro atoms. The summed E-state index contributed by atoms with van der Waals surface area (Å²) in [5.41, 5.74) is -0.0365. The number of nitrogens with zero attached hydrogens (tertiary/aromatic N) is 1. The Morgan fingerprint density at radius 2 is 2.16 bits per heavy atom. The van der Waals surface area contributed by atoms with Crippen molar-refractivity contribution in [1.82, 2.24) is 4.90 Å². The van der Waals surface area contributed by atoms with Gasteiger partial charge < -0.3 is 10.0 Å². The molecule has 1 saturated heterocycles. The fraction of sp³-hybridized carbons (Fsp3) is 0.500. The molecule has 1 fully saturated rings. The third kappa shape index (κ3) is 3.83. The Kier molecular flexibility index (Phi) is 4.74. The van der Waals surface area contributed by atoms with Crippen molar-refractivity contribution in [3.63, 3.8) is 0 Å². The van der Waals surface area contributed by atoms with Crippen LogP contribution in [0.15, 0.2) is 18.2 Å². The molecule has 0 aliphatic carbocycles. The molecule has 0 aromatic heterocycles. The number of rotatable bonds is 1. The Bertz CT molecular complexity index is 490. The summed E-state index contributed by atoms with van der Waals surface area (Å²) >= 11 is 8.20. The minimum Gasteiger partial charge on any atom is -0.390 e. The molecule has 0 bridgehead atoms. The lowest BCUT2D eigenvalue weighted by atomic mass is 9.98. The Hall–Kier alpha value is -0.330. The van der Waals surface area contributed by atoms with Gasteiger partial charge in [-0.3, -0.25) is 4.79 Å². The van der Waals surface area contributed by atoms with Gasteiger partial charge in [-0.05, 0) is 67.0 Å².